The van der Waals surface area contributed by atoms with E-state index in [4.69, 9.17) is 4.74 Å². The molecule has 1 N–H and O–H groups in total. The predicted octanol–water partition coefficient (Wildman–Crippen LogP) is 3.36. The van der Waals surface area contributed by atoms with Gasteiger partial charge in [0, 0.05) is 5.41 Å². The standard InChI is InChI=1S/C18H20O3/c19-17(20)14-6-7-15-13(12-4-2-1-3-5-12)8-9-18(15)10-16(14)21-11-18/h1-5,8,14-16H,6-7,9-11H2,(H,19,20). The van der Waals surface area contributed by atoms with Gasteiger partial charge in [0.25, 0.3) is 0 Å². The SMILES string of the molecule is O=C(O)C1CCC2C(c3ccccc3)=CCC23COC1C3. The summed E-state index contributed by atoms with van der Waals surface area (Å²) >= 11 is 0. The van der Waals surface area contributed by atoms with E-state index in [1.807, 2.05) is 6.07 Å². The molecular weight excluding hydrogens is 264 g/mol. The van der Waals surface area contributed by atoms with Gasteiger partial charge in [0.1, 0.15) is 0 Å². The van der Waals surface area contributed by atoms with Crippen molar-refractivity contribution in [2.45, 2.75) is 31.8 Å². The topological polar surface area (TPSA) is 46.5 Å². The first kappa shape index (κ1) is 13.1. The highest BCUT2D eigenvalue weighted by atomic mass is 16.5. The smallest absolute Gasteiger partial charge is 0.309 e. The molecular formula is C18H20O3. The predicted molar refractivity (Wildman–Crippen MR) is 79.7 cm³/mol. The normalized spacial score (nSPS) is 37.7. The molecule has 2 fully saturated rings. The molecule has 3 heteroatoms. The van der Waals surface area contributed by atoms with Crippen LogP contribution in [0, 0.1) is 17.3 Å². The minimum atomic E-state index is -0.692. The second-order valence-electron chi connectivity index (χ2n) is 6.72. The quantitative estimate of drug-likeness (QED) is 0.905. The molecule has 110 valence electrons. The number of carbonyl (C=O) groups is 1. The molecule has 1 aromatic carbocycles. The van der Waals surface area contributed by atoms with Crippen LogP contribution >= 0.6 is 0 Å². The van der Waals surface area contributed by atoms with Gasteiger partial charge < -0.3 is 9.84 Å². The largest absolute Gasteiger partial charge is 0.481 e. The van der Waals surface area contributed by atoms with Gasteiger partial charge in [-0.1, -0.05) is 36.4 Å². The molecule has 0 amide bonds. The Kier molecular flexibility index (Phi) is 2.93. The Hall–Kier alpha value is -1.61. The minimum absolute atomic E-state index is 0.0870. The summed E-state index contributed by atoms with van der Waals surface area (Å²) in [6, 6.07) is 10.5. The molecule has 1 saturated heterocycles. The number of aliphatic carboxylic acids is 1. The van der Waals surface area contributed by atoms with Crippen molar-refractivity contribution < 1.29 is 14.6 Å². The monoisotopic (exact) mass is 284 g/mol. The Balaban J connectivity index is 1.68. The molecule has 2 aliphatic carbocycles. The van der Waals surface area contributed by atoms with Crippen LogP contribution in [0.4, 0.5) is 0 Å². The van der Waals surface area contributed by atoms with Crippen LogP contribution in [0.25, 0.3) is 5.57 Å². The molecule has 3 aliphatic rings. The van der Waals surface area contributed by atoms with Crippen molar-refractivity contribution in [2.75, 3.05) is 6.61 Å². The Bertz CT molecular complexity index is 592. The van der Waals surface area contributed by atoms with E-state index < -0.39 is 5.97 Å². The van der Waals surface area contributed by atoms with Gasteiger partial charge in [-0.3, -0.25) is 4.79 Å². The first-order valence-corrected chi connectivity index (χ1v) is 7.79. The molecule has 4 unspecified atom stereocenters. The second kappa shape index (κ2) is 4.70. The highest BCUT2D eigenvalue weighted by Crippen LogP contribution is 2.58. The van der Waals surface area contributed by atoms with Crippen LogP contribution in [0.2, 0.25) is 0 Å². The van der Waals surface area contributed by atoms with Crippen LogP contribution < -0.4 is 0 Å². The van der Waals surface area contributed by atoms with Crippen molar-refractivity contribution >= 4 is 11.5 Å². The van der Waals surface area contributed by atoms with Gasteiger partial charge in [0.2, 0.25) is 0 Å². The first-order valence-electron chi connectivity index (χ1n) is 7.79. The van der Waals surface area contributed by atoms with E-state index in [0.29, 0.717) is 5.92 Å². The van der Waals surface area contributed by atoms with Gasteiger partial charge >= 0.3 is 5.97 Å². The summed E-state index contributed by atoms with van der Waals surface area (Å²) in [5, 5.41) is 9.43. The molecule has 1 aromatic rings. The average molecular weight is 284 g/mol. The van der Waals surface area contributed by atoms with Gasteiger partial charge in [-0.2, -0.15) is 0 Å². The summed E-state index contributed by atoms with van der Waals surface area (Å²) in [7, 11) is 0. The van der Waals surface area contributed by atoms with Gasteiger partial charge in [0.05, 0.1) is 18.6 Å². The Morgan fingerprint density at radius 2 is 2.05 bits per heavy atom. The van der Waals surface area contributed by atoms with Gasteiger partial charge in [0.15, 0.2) is 0 Å². The fraction of sp³-hybridized carbons (Fsp3) is 0.500. The molecule has 0 radical (unpaired) electrons. The molecule has 2 bridgehead atoms. The van der Waals surface area contributed by atoms with Crippen molar-refractivity contribution in [3.63, 3.8) is 0 Å². The molecule has 0 aromatic heterocycles. The Morgan fingerprint density at radius 3 is 2.81 bits per heavy atom. The molecule has 1 saturated carbocycles. The molecule has 4 atom stereocenters. The van der Waals surface area contributed by atoms with Crippen LogP contribution in [0.3, 0.4) is 0 Å². The third kappa shape index (κ3) is 1.95. The van der Waals surface area contributed by atoms with E-state index in [1.54, 1.807) is 0 Å². The fourth-order valence-electron chi connectivity index (χ4n) is 4.59. The third-order valence-electron chi connectivity index (χ3n) is 5.68. The zero-order valence-corrected chi connectivity index (χ0v) is 12.0. The van der Waals surface area contributed by atoms with Crippen molar-refractivity contribution in [2.24, 2.45) is 17.3 Å². The summed E-state index contributed by atoms with van der Waals surface area (Å²) in [5.41, 5.74) is 2.85. The summed E-state index contributed by atoms with van der Waals surface area (Å²) in [6.45, 7) is 0.721. The highest BCUT2D eigenvalue weighted by molar-refractivity contribution is 5.73. The van der Waals surface area contributed by atoms with Gasteiger partial charge in [-0.05, 0) is 42.7 Å². The number of fused-ring (bicyclic) bond motifs is 1. The minimum Gasteiger partial charge on any atom is -0.481 e. The van der Waals surface area contributed by atoms with Crippen molar-refractivity contribution in [3.8, 4) is 0 Å². The lowest BCUT2D eigenvalue weighted by Crippen LogP contribution is -2.28. The maximum atomic E-state index is 11.5. The molecule has 21 heavy (non-hydrogen) atoms. The summed E-state index contributed by atoms with van der Waals surface area (Å²) in [6.07, 6.45) is 5.92. The summed E-state index contributed by atoms with van der Waals surface area (Å²) in [5.74, 6) is -0.566. The summed E-state index contributed by atoms with van der Waals surface area (Å²) in [4.78, 5) is 11.5. The zero-order chi connectivity index (χ0) is 14.4. The van der Waals surface area contributed by atoms with Crippen LogP contribution in [-0.4, -0.2) is 23.8 Å². The lowest BCUT2D eigenvalue weighted by Gasteiger charge is -2.31. The van der Waals surface area contributed by atoms with Crippen molar-refractivity contribution in [1.82, 2.24) is 0 Å². The van der Waals surface area contributed by atoms with E-state index in [1.165, 1.54) is 11.1 Å². The third-order valence-corrected chi connectivity index (χ3v) is 5.68. The Labute approximate surface area is 124 Å². The molecule has 1 heterocycles. The molecule has 3 nitrogen and oxygen atoms in total. The second-order valence-corrected chi connectivity index (χ2v) is 6.72. The van der Waals surface area contributed by atoms with Crippen molar-refractivity contribution in [1.29, 1.82) is 0 Å². The van der Waals surface area contributed by atoms with Gasteiger partial charge in [-0.15, -0.1) is 0 Å². The van der Waals surface area contributed by atoms with E-state index in [9.17, 15) is 9.90 Å². The van der Waals surface area contributed by atoms with E-state index >= 15 is 0 Å². The number of hydrogen-bond donors (Lipinski definition) is 1. The van der Waals surface area contributed by atoms with E-state index in [0.717, 1.165) is 32.3 Å². The van der Waals surface area contributed by atoms with E-state index in [2.05, 4.69) is 30.3 Å². The highest BCUT2D eigenvalue weighted by Gasteiger charge is 2.54. The average Bonchev–Trinajstić information content (AvgIpc) is 3.01. The van der Waals surface area contributed by atoms with Crippen molar-refractivity contribution in [3.05, 3.63) is 42.0 Å². The number of ether oxygens (including phenoxy) is 1. The fourth-order valence-corrected chi connectivity index (χ4v) is 4.59. The first-order chi connectivity index (χ1) is 10.2. The zero-order valence-electron chi connectivity index (χ0n) is 12.0. The van der Waals surface area contributed by atoms with E-state index in [-0.39, 0.29) is 17.4 Å². The van der Waals surface area contributed by atoms with Crippen LogP contribution in [0.1, 0.15) is 31.2 Å². The van der Waals surface area contributed by atoms with Crippen LogP contribution in [0.5, 0.6) is 0 Å². The van der Waals surface area contributed by atoms with Crippen LogP contribution in [0.15, 0.2) is 36.4 Å². The molecule has 1 spiro atoms. The molecule has 4 rings (SSSR count). The summed E-state index contributed by atoms with van der Waals surface area (Å²) < 4.78 is 5.91. The number of allylic oxidation sites excluding steroid dienone is 2. The maximum Gasteiger partial charge on any atom is 0.309 e. The van der Waals surface area contributed by atoms with Crippen LogP contribution in [-0.2, 0) is 9.53 Å². The number of hydrogen-bond acceptors (Lipinski definition) is 2. The Morgan fingerprint density at radius 1 is 1.24 bits per heavy atom. The number of rotatable bonds is 2. The number of benzene rings is 1. The number of carboxylic acids is 1. The number of carboxylic acid groups (broad SMARTS) is 1. The lowest BCUT2D eigenvalue weighted by atomic mass is 9.72. The molecule has 1 aliphatic heterocycles. The van der Waals surface area contributed by atoms with Gasteiger partial charge in [-0.25, -0.2) is 0 Å². The lowest BCUT2D eigenvalue weighted by molar-refractivity contribution is -0.146. The maximum absolute atomic E-state index is 11.5.